The van der Waals surface area contributed by atoms with Gasteiger partial charge in [-0.25, -0.2) is 4.79 Å². The number of nitrogens with one attached hydrogen (secondary N) is 1. The molecule has 2 N–H and O–H groups in total. The maximum absolute atomic E-state index is 12.0. The lowest BCUT2D eigenvalue weighted by Crippen LogP contribution is -2.23. The van der Waals surface area contributed by atoms with Gasteiger partial charge in [-0.1, -0.05) is 18.2 Å². The molecule has 2 rings (SSSR count). The van der Waals surface area contributed by atoms with Gasteiger partial charge in [-0.3, -0.25) is 4.79 Å². The Morgan fingerprint density at radius 3 is 2.38 bits per heavy atom. The minimum absolute atomic E-state index is 0.126. The van der Waals surface area contributed by atoms with Crippen LogP contribution in [0.15, 0.2) is 48.5 Å². The van der Waals surface area contributed by atoms with E-state index in [1.54, 1.807) is 42.5 Å². The van der Waals surface area contributed by atoms with Crippen molar-refractivity contribution in [2.24, 2.45) is 0 Å². The van der Waals surface area contributed by atoms with Gasteiger partial charge in [-0.15, -0.1) is 0 Å². The monoisotopic (exact) mass is 280 g/mol. The van der Waals surface area contributed by atoms with E-state index in [9.17, 15) is 9.59 Å². The first-order valence-electron chi connectivity index (χ1n) is 6.21. The molecule has 0 atom stereocenters. The van der Waals surface area contributed by atoms with Gasteiger partial charge in [-0.05, 0) is 35.9 Å². The van der Waals surface area contributed by atoms with Crippen molar-refractivity contribution in [1.82, 2.24) is 5.32 Å². The number of amides is 1. The van der Waals surface area contributed by atoms with Crippen molar-refractivity contribution >= 4 is 11.9 Å². The molecule has 0 heterocycles. The molecule has 0 spiro atoms. The van der Waals surface area contributed by atoms with E-state index in [4.69, 9.17) is 10.4 Å². The number of carbonyl (C=O) groups is 2. The molecule has 0 unspecified atom stereocenters. The summed E-state index contributed by atoms with van der Waals surface area (Å²) in [4.78, 5) is 23.0. The maximum Gasteiger partial charge on any atom is 0.336 e. The number of hydrogen-bond donors (Lipinski definition) is 2. The lowest BCUT2D eigenvalue weighted by Gasteiger charge is -2.08. The number of nitriles is 1. The van der Waals surface area contributed by atoms with Crippen LogP contribution < -0.4 is 5.32 Å². The van der Waals surface area contributed by atoms with Crippen LogP contribution in [-0.2, 0) is 6.54 Å². The minimum atomic E-state index is -1.03. The summed E-state index contributed by atoms with van der Waals surface area (Å²) in [7, 11) is 0. The number of carboxylic acid groups (broad SMARTS) is 1. The molecule has 0 aliphatic rings. The fraction of sp³-hybridized carbons (Fsp3) is 0.0625. The average Bonchev–Trinajstić information content (AvgIpc) is 2.52. The van der Waals surface area contributed by atoms with Gasteiger partial charge in [0.25, 0.3) is 5.91 Å². The van der Waals surface area contributed by atoms with Gasteiger partial charge in [0.05, 0.1) is 17.2 Å². The van der Waals surface area contributed by atoms with E-state index in [1.807, 2.05) is 6.07 Å². The Kier molecular flexibility index (Phi) is 4.32. The molecule has 0 saturated heterocycles. The Bertz CT molecular complexity index is 715. The second-order valence-corrected chi connectivity index (χ2v) is 4.33. The molecule has 21 heavy (non-hydrogen) atoms. The highest BCUT2D eigenvalue weighted by atomic mass is 16.4. The van der Waals surface area contributed by atoms with Crippen LogP contribution in [0.3, 0.4) is 0 Å². The Hall–Kier alpha value is -3.13. The Morgan fingerprint density at radius 2 is 1.76 bits per heavy atom. The third-order valence-corrected chi connectivity index (χ3v) is 2.96. The second kappa shape index (κ2) is 6.35. The number of carboxylic acids is 1. The molecule has 0 bridgehead atoms. The summed E-state index contributed by atoms with van der Waals surface area (Å²) in [6.07, 6.45) is 0. The molecule has 2 aromatic carbocycles. The highest BCUT2D eigenvalue weighted by Gasteiger charge is 2.10. The highest BCUT2D eigenvalue weighted by molar-refractivity contribution is 5.94. The fourth-order valence-electron chi connectivity index (χ4n) is 1.86. The van der Waals surface area contributed by atoms with Crippen molar-refractivity contribution in [3.05, 3.63) is 70.8 Å². The Morgan fingerprint density at radius 1 is 1.10 bits per heavy atom. The number of benzene rings is 2. The van der Waals surface area contributed by atoms with Gasteiger partial charge < -0.3 is 10.4 Å². The second-order valence-electron chi connectivity index (χ2n) is 4.33. The van der Waals surface area contributed by atoms with Crippen molar-refractivity contribution in [3.63, 3.8) is 0 Å². The predicted molar refractivity (Wildman–Crippen MR) is 75.7 cm³/mol. The summed E-state index contributed by atoms with van der Waals surface area (Å²) in [5.41, 5.74) is 1.59. The smallest absolute Gasteiger partial charge is 0.336 e. The maximum atomic E-state index is 12.0. The van der Waals surface area contributed by atoms with Gasteiger partial charge in [0.15, 0.2) is 0 Å². The first-order chi connectivity index (χ1) is 10.1. The summed E-state index contributed by atoms with van der Waals surface area (Å²) < 4.78 is 0. The van der Waals surface area contributed by atoms with Crippen molar-refractivity contribution in [2.45, 2.75) is 6.54 Å². The van der Waals surface area contributed by atoms with E-state index >= 15 is 0 Å². The summed E-state index contributed by atoms with van der Waals surface area (Å²) in [5.74, 6) is -1.35. The third-order valence-electron chi connectivity index (χ3n) is 2.96. The van der Waals surface area contributed by atoms with E-state index in [2.05, 4.69) is 5.32 Å². The molecule has 0 saturated carbocycles. The van der Waals surface area contributed by atoms with E-state index in [0.717, 1.165) is 0 Å². The van der Waals surface area contributed by atoms with Crippen LogP contribution in [-0.4, -0.2) is 17.0 Å². The van der Waals surface area contributed by atoms with E-state index in [1.165, 1.54) is 6.07 Å². The lowest BCUT2D eigenvalue weighted by molar-refractivity contribution is 0.0694. The zero-order valence-electron chi connectivity index (χ0n) is 11.0. The Labute approximate surface area is 121 Å². The molecule has 5 nitrogen and oxygen atoms in total. The van der Waals surface area contributed by atoms with Crippen LogP contribution >= 0.6 is 0 Å². The topological polar surface area (TPSA) is 90.2 Å². The molecule has 0 aliphatic carbocycles. The molecule has 0 aliphatic heterocycles. The van der Waals surface area contributed by atoms with Crippen LogP contribution in [0.4, 0.5) is 0 Å². The molecular weight excluding hydrogens is 268 g/mol. The number of nitrogens with zero attached hydrogens (tertiary/aromatic N) is 1. The van der Waals surface area contributed by atoms with Crippen molar-refractivity contribution in [2.75, 3.05) is 0 Å². The van der Waals surface area contributed by atoms with Gasteiger partial charge in [0.2, 0.25) is 0 Å². The first-order valence-corrected chi connectivity index (χ1v) is 6.21. The van der Waals surface area contributed by atoms with Crippen LogP contribution in [0.25, 0.3) is 0 Å². The molecule has 104 valence electrons. The number of rotatable bonds is 4. The zero-order valence-corrected chi connectivity index (χ0v) is 11.0. The van der Waals surface area contributed by atoms with E-state index < -0.39 is 5.97 Å². The Balaban J connectivity index is 2.07. The largest absolute Gasteiger partial charge is 0.478 e. The summed E-state index contributed by atoms with van der Waals surface area (Å²) in [6.45, 7) is 0.126. The average molecular weight is 280 g/mol. The van der Waals surface area contributed by atoms with Gasteiger partial charge in [0.1, 0.15) is 0 Å². The first kappa shape index (κ1) is 14.3. The van der Waals surface area contributed by atoms with Crippen molar-refractivity contribution in [3.8, 4) is 6.07 Å². The quantitative estimate of drug-likeness (QED) is 0.898. The minimum Gasteiger partial charge on any atom is -0.478 e. The van der Waals surface area contributed by atoms with Gasteiger partial charge in [0, 0.05) is 12.1 Å². The number of hydrogen-bond acceptors (Lipinski definition) is 3. The van der Waals surface area contributed by atoms with Crippen LogP contribution in [0.2, 0.25) is 0 Å². The summed E-state index contributed by atoms with van der Waals surface area (Å²) in [5, 5.41) is 20.4. The standard InChI is InChI=1S/C16H12N2O3/c17-9-11-5-7-12(8-6-11)15(19)18-10-13-3-1-2-4-14(13)16(20)21/h1-8H,10H2,(H,18,19)(H,20,21). The number of carbonyl (C=O) groups excluding carboxylic acids is 1. The highest BCUT2D eigenvalue weighted by Crippen LogP contribution is 2.09. The molecular formula is C16H12N2O3. The normalized spacial score (nSPS) is 9.67. The molecule has 1 amide bonds. The van der Waals surface area contributed by atoms with E-state index in [-0.39, 0.29) is 18.0 Å². The van der Waals surface area contributed by atoms with Crippen LogP contribution in [0.5, 0.6) is 0 Å². The lowest BCUT2D eigenvalue weighted by atomic mass is 10.1. The molecule has 5 heteroatoms. The van der Waals surface area contributed by atoms with Crippen molar-refractivity contribution < 1.29 is 14.7 Å². The van der Waals surface area contributed by atoms with Crippen LogP contribution in [0, 0.1) is 11.3 Å². The van der Waals surface area contributed by atoms with Crippen molar-refractivity contribution in [1.29, 1.82) is 5.26 Å². The summed E-state index contributed by atoms with van der Waals surface area (Å²) in [6, 6.07) is 14.7. The molecule has 0 fully saturated rings. The molecule has 0 radical (unpaired) electrons. The van der Waals surface area contributed by atoms with E-state index in [0.29, 0.717) is 16.7 Å². The SMILES string of the molecule is N#Cc1ccc(C(=O)NCc2ccccc2C(=O)O)cc1. The fourth-order valence-corrected chi connectivity index (χ4v) is 1.86. The number of aromatic carboxylic acids is 1. The zero-order chi connectivity index (χ0) is 15.2. The molecule has 2 aromatic rings. The van der Waals surface area contributed by atoms with Gasteiger partial charge in [-0.2, -0.15) is 5.26 Å². The summed E-state index contributed by atoms with van der Waals surface area (Å²) >= 11 is 0. The molecule has 0 aromatic heterocycles. The van der Waals surface area contributed by atoms with Gasteiger partial charge >= 0.3 is 5.97 Å². The predicted octanol–water partition coefficient (Wildman–Crippen LogP) is 2.19. The van der Waals surface area contributed by atoms with Crippen LogP contribution in [0.1, 0.15) is 31.8 Å². The third kappa shape index (κ3) is 3.45.